The summed E-state index contributed by atoms with van der Waals surface area (Å²) in [7, 11) is -4.67. The van der Waals surface area contributed by atoms with E-state index in [4.69, 9.17) is 17.5 Å². The van der Waals surface area contributed by atoms with Crippen LogP contribution in [0.1, 0.15) is 1.43 Å². The molecule has 2 N–H and O–H groups in total. The second kappa shape index (κ2) is 8.81. The molecular weight excluding hydrogens is 235 g/mol. The van der Waals surface area contributed by atoms with E-state index in [9.17, 15) is 17.6 Å². The van der Waals surface area contributed by atoms with E-state index in [0.29, 0.717) is 0 Å². The van der Waals surface area contributed by atoms with Crippen molar-refractivity contribution in [3.63, 3.8) is 0 Å². The van der Waals surface area contributed by atoms with Gasteiger partial charge in [-0.1, -0.05) is 0 Å². The van der Waals surface area contributed by atoms with Crippen LogP contribution in [0.25, 0.3) is 0 Å². The first-order valence-corrected chi connectivity index (χ1v) is 3.30. The van der Waals surface area contributed by atoms with E-state index in [2.05, 4.69) is 0 Å². The van der Waals surface area contributed by atoms with Crippen LogP contribution < -0.4 is 51.4 Å². The van der Waals surface area contributed by atoms with E-state index in [1.54, 1.807) is 0 Å². The third-order valence-electron chi connectivity index (χ3n) is 0.190. The topological polar surface area (TPSA) is 74.6 Å². The predicted molar refractivity (Wildman–Crippen MR) is 27.3 cm³/mol. The van der Waals surface area contributed by atoms with Gasteiger partial charge in [0.2, 0.25) is 0 Å². The molecule has 0 aliphatic rings. The van der Waals surface area contributed by atoms with Crippen LogP contribution >= 0.6 is 0 Å². The van der Waals surface area contributed by atoms with Gasteiger partial charge in [-0.25, -0.2) is 17.6 Å². The summed E-state index contributed by atoms with van der Waals surface area (Å²) in [4.78, 5) is 0. The summed E-state index contributed by atoms with van der Waals surface area (Å²) in [5.74, 6) is 0. The van der Waals surface area contributed by atoms with Crippen molar-refractivity contribution in [1.29, 1.82) is 0 Å². The molecule has 12 heavy (non-hydrogen) atoms. The SMILES string of the molecule is FC(F)C(F)F.O=S(=O)(O)O.[H-].[K+]. The third kappa shape index (κ3) is 43.0. The maximum atomic E-state index is 10.4. The van der Waals surface area contributed by atoms with E-state index >= 15 is 0 Å². The van der Waals surface area contributed by atoms with E-state index in [0.717, 1.165) is 0 Å². The zero-order valence-corrected chi connectivity index (χ0v) is 9.73. The molecule has 0 aromatic rings. The molecule has 0 rings (SSSR count). The molecule has 0 aliphatic heterocycles. The van der Waals surface area contributed by atoms with E-state index in [1.807, 2.05) is 0 Å². The molecule has 0 saturated heterocycles. The largest absolute Gasteiger partial charge is 1.00 e. The summed E-state index contributed by atoms with van der Waals surface area (Å²) in [6.07, 6.45) is -6.96. The Labute approximate surface area is 110 Å². The van der Waals surface area contributed by atoms with Gasteiger partial charge in [-0.15, -0.1) is 0 Å². The number of halogens is 4. The van der Waals surface area contributed by atoms with Gasteiger partial charge >= 0.3 is 61.8 Å². The van der Waals surface area contributed by atoms with Crippen LogP contribution in [0.15, 0.2) is 0 Å². The summed E-state index contributed by atoms with van der Waals surface area (Å²) in [6, 6.07) is 0. The van der Waals surface area contributed by atoms with Crippen LogP contribution in [0, 0.1) is 0 Å². The van der Waals surface area contributed by atoms with E-state index in [-0.39, 0.29) is 52.8 Å². The molecule has 0 aromatic heterocycles. The quantitative estimate of drug-likeness (QED) is 0.315. The van der Waals surface area contributed by atoms with Crippen LogP contribution in [0.5, 0.6) is 0 Å². The first kappa shape index (κ1) is 18.9. The Hall–Kier alpha value is 1.23. The van der Waals surface area contributed by atoms with Crippen LogP contribution in [-0.2, 0) is 10.4 Å². The maximum Gasteiger partial charge on any atom is 1.00 e. The summed E-state index contributed by atoms with van der Waals surface area (Å²) < 4.78 is 73.2. The Morgan fingerprint density at radius 3 is 1.08 bits per heavy atom. The summed E-state index contributed by atoms with van der Waals surface area (Å²) in [5.41, 5.74) is 0. The molecule has 0 spiro atoms. The van der Waals surface area contributed by atoms with Gasteiger partial charge in [-0.2, -0.15) is 8.42 Å². The van der Waals surface area contributed by atoms with Crippen LogP contribution in [-0.4, -0.2) is 30.4 Å². The molecule has 0 amide bonds. The van der Waals surface area contributed by atoms with Crippen molar-refractivity contribution < 1.29 is 87.9 Å². The van der Waals surface area contributed by atoms with Gasteiger partial charge in [0.05, 0.1) is 0 Å². The summed E-state index contributed by atoms with van der Waals surface area (Å²) in [6.45, 7) is 0. The number of hydrogen-bond acceptors (Lipinski definition) is 2. The van der Waals surface area contributed by atoms with Crippen LogP contribution in [0.4, 0.5) is 17.6 Å². The number of rotatable bonds is 1. The maximum absolute atomic E-state index is 10.4. The molecule has 0 heterocycles. The van der Waals surface area contributed by atoms with Gasteiger partial charge in [-0.3, -0.25) is 9.11 Å². The average molecular weight is 240 g/mol. The van der Waals surface area contributed by atoms with Crippen LogP contribution in [0.2, 0.25) is 0 Å². The van der Waals surface area contributed by atoms with Crippen molar-refractivity contribution in [2.24, 2.45) is 0 Å². The van der Waals surface area contributed by atoms with Gasteiger partial charge in [0.1, 0.15) is 0 Å². The minimum Gasteiger partial charge on any atom is -1.00 e. The number of hydrogen-bond donors (Lipinski definition) is 2. The molecule has 0 unspecified atom stereocenters. The fourth-order valence-electron chi connectivity index (χ4n) is 0. The fraction of sp³-hybridized carbons (Fsp3) is 1.00. The van der Waals surface area contributed by atoms with Crippen molar-refractivity contribution in [1.82, 2.24) is 0 Å². The first-order valence-electron chi connectivity index (χ1n) is 1.90. The molecule has 0 aliphatic carbocycles. The van der Waals surface area contributed by atoms with Gasteiger partial charge in [0.15, 0.2) is 0 Å². The third-order valence-corrected chi connectivity index (χ3v) is 0.190. The van der Waals surface area contributed by atoms with Gasteiger partial charge in [0, 0.05) is 0 Å². The fourth-order valence-corrected chi connectivity index (χ4v) is 0. The zero-order valence-electron chi connectivity index (χ0n) is 6.79. The Morgan fingerprint density at radius 1 is 1.00 bits per heavy atom. The van der Waals surface area contributed by atoms with Gasteiger partial charge < -0.3 is 1.43 Å². The normalized spacial score (nSPS) is 10.3. The molecule has 72 valence electrons. The molecule has 0 bridgehead atoms. The van der Waals surface area contributed by atoms with Crippen molar-refractivity contribution in [2.45, 2.75) is 12.9 Å². The molecule has 0 fully saturated rings. The Bertz CT molecular complexity index is 171. The minimum atomic E-state index is -4.67. The Kier molecular flexibility index (Phi) is 13.9. The van der Waals surface area contributed by atoms with E-state index in [1.165, 1.54) is 0 Å². The van der Waals surface area contributed by atoms with Gasteiger partial charge in [0.25, 0.3) is 12.9 Å². The second-order valence-electron chi connectivity index (χ2n) is 1.12. The Balaban J connectivity index is -0.0000000546. The molecule has 10 heteroatoms. The standard InChI is InChI=1S/C2H2F4.K.H2O4S.H/c3-1(4)2(5)6;;1-5(2,3)4;/h1-2H;;(H2,1,2,3,4);/q;+1;;-1. The second-order valence-corrected chi connectivity index (χ2v) is 2.01. The molecule has 4 nitrogen and oxygen atoms in total. The summed E-state index contributed by atoms with van der Waals surface area (Å²) >= 11 is 0. The van der Waals surface area contributed by atoms with Crippen LogP contribution in [0.3, 0.4) is 0 Å². The van der Waals surface area contributed by atoms with Gasteiger partial charge in [-0.05, 0) is 0 Å². The molecule has 0 aromatic carbocycles. The van der Waals surface area contributed by atoms with Crippen molar-refractivity contribution in [2.75, 3.05) is 0 Å². The first-order chi connectivity index (χ1) is 4.64. The van der Waals surface area contributed by atoms with E-state index < -0.39 is 23.2 Å². The predicted octanol–water partition coefficient (Wildman–Crippen LogP) is -2.02. The molecule has 0 atom stereocenters. The van der Waals surface area contributed by atoms with Crippen molar-refractivity contribution in [3.05, 3.63) is 0 Å². The molecular formula is C2H5F4KO4S. The monoisotopic (exact) mass is 240 g/mol. The molecule has 0 radical (unpaired) electrons. The zero-order chi connectivity index (χ0) is 9.65. The molecule has 0 saturated carbocycles. The minimum absolute atomic E-state index is 0. The van der Waals surface area contributed by atoms with Crippen molar-refractivity contribution >= 4 is 10.4 Å². The van der Waals surface area contributed by atoms with Crippen molar-refractivity contribution in [3.8, 4) is 0 Å². The smallest absolute Gasteiger partial charge is 1.00 e. The number of alkyl halides is 4. The summed E-state index contributed by atoms with van der Waals surface area (Å²) in [5, 5.41) is 0. The Morgan fingerprint density at radius 2 is 1.08 bits per heavy atom. The average Bonchev–Trinajstić information content (AvgIpc) is 1.59.